The Morgan fingerprint density at radius 1 is 1.13 bits per heavy atom. The third-order valence-electron chi connectivity index (χ3n) is 5.76. The van der Waals surface area contributed by atoms with E-state index in [1.165, 1.54) is 32.1 Å². The van der Waals surface area contributed by atoms with Gasteiger partial charge in [-0.2, -0.15) is 0 Å². The molecular formula is C18H35N3O2. The van der Waals surface area contributed by atoms with E-state index in [9.17, 15) is 9.90 Å². The number of carbonyl (C=O) groups excluding carboxylic acids is 1. The summed E-state index contributed by atoms with van der Waals surface area (Å²) in [6, 6.07) is 0.225. The first-order chi connectivity index (χ1) is 11.2. The van der Waals surface area contributed by atoms with Crippen molar-refractivity contribution >= 4 is 5.91 Å². The van der Waals surface area contributed by atoms with Gasteiger partial charge in [-0.05, 0) is 32.1 Å². The van der Waals surface area contributed by atoms with Crippen LogP contribution in [-0.4, -0.2) is 72.2 Å². The lowest BCUT2D eigenvalue weighted by molar-refractivity contribution is -0.127. The van der Waals surface area contributed by atoms with Crippen molar-refractivity contribution in [3.05, 3.63) is 0 Å². The smallest absolute Gasteiger partial charge is 0.237 e. The topological polar surface area (TPSA) is 55.8 Å². The van der Waals surface area contributed by atoms with Crippen LogP contribution in [0.4, 0.5) is 0 Å². The molecule has 2 rings (SSSR count). The van der Waals surface area contributed by atoms with Crippen LogP contribution in [0.2, 0.25) is 0 Å². The average molecular weight is 325 g/mol. The number of aliphatic hydroxyl groups is 1. The van der Waals surface area contributed by atoms with Gasteiger partial charge in [-0.25, -0.2) is 0 Å². The van der Waals surface area contributed by atoms with Gasteiger partial charge in [0.15, 0.2) is 0 Å². The zero-order valence-electron chi connectivity index (χ0n) is 15.0. The van der Waals surface area contributed by atoms with Crippen LogP contribution in [0.1, 0.15) is 52.4 Å². The molecule has 0 aromatic carbocycles. The van der Waals surface area contributed by atoms with Gasteiger partial charge in [0.25, 0.3) is 0 Å². The van der Waals surface area contributed by atoms with Gasteiger partial charge >= 0.3 is 0 Å². The molecule has 1 amide bonds. The lowest BCUT2D eigenvalue weighted by Gasteiger charge is -2.40. The Morgan fingerprint density at radius 3 is 2.30 bits per heavy atom. The highest BCUT2D eigenvalue weighted by Gasteiger charge is 2.28. The normalized spacial score (nSPS) is 24.3. The minimum atomic E-state index is -0.0463. The first-order valence-corrected chi connectivity index (χ1v) is 9.52. The minimum absolute atomic E-state index is 0.0463. The third kappa shape index (κ3) is 5.44. The molecule has 1 heterocycles. The van der Waals surface area contributed by atoms with Crippen LogP contribution in [0.5, 0.6) is 0 Å². The standard InChI is InChI=1S/C18H35N3O2/c1-3-17(14-22)21-11-9-20(10-12-21)15(2)18(23)19-13-16-7-5-4-6-8-16/h15-17,22H,3-14H2,1-2H3,(H,19,23). The van der Waals surface area contributed by atoms with E-state index in [0.29, 0.717) is 5.92 Å². The van der Waals surface area contributed by atoms with Gasteiger partial charge in [0.2, 0.25) is 5.91 Å². The lowest BCUT2D eigenvalue weighted by atomic mass is 9.89. The maximum absolute atomic E-state index is 12.4. The summed E-state index contributed by atoms with van der Waals surface area (Å²) in [6.07, 6.45) is 7.52. The van der Waals surface area contributed by atoms with Gasteiger partial charge in [0.1, 0.15) is 0 Å². The van der Waals surface area contributed by atoms with Gasteiger partial charge in [0.05, 0.1) is 12.6 Å². The number of hydrogen-bond donors (Lipinski definition) is 2. The second kappa shape index (κ2) is 9.60. The molecule has 5 heteroatoms. The molecule has 2 unspecified atom stereocenters. The molecule has 0 aromatic heterocycles. The van der Waals surface area contributed by atoms with E-state index >= 15 is 0 Å². The molecule has 134 valence electrons. The molecular weight excluding hydrogens is 290 g/mol. The second-order valence-electron chi connectivity index (χ2n) is 7.24. The van der Waals surface area contributed by atoms with Crippen LogP contribution >= 0.6 is 0 Å². The molecule has 2 fully saturated rings. The number of aliphatic hydroxyl groups excluding tert-OH is 1. The summed E-state index contributed by atoms with van der Waals surface area (Å²) in [5.41, 5.74) is 0. The summed E-state index contributed by atoms with van der Waals surface area (Å²) in [7, 11) is 0. The highest BCUT2D eigenvalue weighted by atomic mass is 16.3. The highest BCUT2D eigenvalue weighted by Crippen LogP contribution is 2.22. The van der Waals surface area contributed by atoms with Crippen molar-refractivity contribution in [1.82, 2.24) is 15.1 Å². The van der Waals surface area contributed by atoms with Crippen LogP contribution in [0.3, 0.4) is 0 Å². The van der Waals surface area contributed by atoms with Crippen LogP contribution in [0, 0.1) is 5.92 Å². The lowest BCUT2D eigenvalue weighted by Crippen LogP contribution is -2.56. The van der Waals surface area contributed by atoms with Gasteiger partial charge < -0.3 is 10.4 Å². The SMILES string of the molecule is CCC(CO)N1CCN(C(C)C(=O)NCC2CCCCC2)CC1. The number of rotatable bonds is 7. The predicted molar refractivity (Wildman–Crippen MR) is 93.4 cm³/mol. The van der Waals surface area contributed by atoms with E-state index in [0.717, 1.165) is 39.1 Å². The van der Waals surface area contributed by atoms with Crippen molar-refractivity contribution in [2.24, 2.45) is 5.92 Å². The molecule has 5 nitrogen and oxygen atoms in total. The van der Waals surface area contributed by atoms with E-state index in [4.69, 9.17) is 0 Å². The first kappa shape index (κ1) is 18.7. The van der Waals surface area contributed by atoms with E-state index < -0.39 is 0 Å². The largest absolute Gasteiger partial charge is 0.395 e. The van der Waals surface area contributed by atoms with Gasteiger partial charge in [-0.1, -0.05) is 26.2 Å². The van der Waals surface area contributed by atoms with Crippen LogP contribution in [0.25, 0.3) is 0 Å². The maximum atomic E-state index is 12.4. The molecule has 2 aliphatic rings. The Balaban J connectivity index is 1.70. The number of piperazine rings is 1. The Bertz CT molecular complexity index is 346. The van der Waals surface area contributed by atoms with Crippen molar-refractivity contribution in [2.75, 3.05) is 39.3 Å². The Morgan fingerprint density at radius 2 is 1.74 bits per heavy atom. The number of nitrogens with zero attached hydrogens (tertiary/aromatic N) is 2. The number of amides is 1. The summed E-state index contributed by atoms with van der Waals surface area (Å²) in [5.74, 6) is 0.866. The number of hydrogen-bond acceptors (Lipinski definition) is 4. The molecule has 1 saturated carbocycles. The molecule has 1 aliphatic carbocycles. The number of nitrogens with one attached hydrogen (secondary N) is 1. The van der Waals surface area contributed by atoms with Crippen molar-refractivity contribution in [1.29, 1.82) is 0 Å². The van der Waals surface area contributed by atoms with E-state index in [2.05, 4.69) is 22.0 Å². The molecule has 2 N–H and O–H groups in total. The fourth-order valence-electron chi connectivity index (χ4n) is 3.94. The number of carbonyl (C=O) groups is 1. The fourth-order valence-corrected chi connectivity index (χ4v) is 3.94. The van der Waals surface area contributed by atoms with Gasteiger partial charge in [-0.15, -0.1) is 0 Å². The van der Waals surface area contributed by atoms with E-state index in [1.807, 2.05) is 6.92 Å². The summed E-state index contributed by atoms with van der Waals surface area (Å²) in [5, 5.41) is 12.6. The van der Waals surface area contributed by atoms with E-state index in [-0.39, 0.29) is 24.6 Å². The molecule has 0 spiro atoms. The van der Waals surface area contributed by atoms with Gasteiger partial charge in [0, 0.05) is 38.8 Å². The fraction of sp³-hybridized carbons (Fsp3) is 0.944. The van der Waals surface area contributed by atoms with Crippen molar-refractivity contribution in [3.8, 4) is 0 Å². The molecule has 1 aliphatic heterocycles. The Kier molecular flexibility index (Phi) is 7.80. The summed E-state index contributed by atoms with van der Waals surface area (Å²) in [4.78, 5) is 17.0. The Labute approximate surface area is 141 Å². The summed E-state index contributed by atoms with van der Waals surface area (Å²) < 4.78 is 0. The van der Waals surface area contributed by atoms with Crippen LogP contribution < -0.4 is 5.32 Å². The molecule has 0 aromatic rings. The van der Waals surface area contributed by atoms with Gasteiger partial charge in [-0.3, -0.25) is 14.6 Å². The third-order valence-corrected chi connectivity index (χ3v) is 5.76. The van der Waals surface area contributed by atoms with Crippen molar-refractivity contribution in [3.63, 3.8) is 0 Å². The summed E-state index contributed by atoms with van der Waals surface area (Å²) >= 11 is 0. The van der Waals surface area contributed by atoms with Crippen molar-refractivity contribution < 1.29 is 9.90 Å². The molecule has 1 saturated heterocycles. The first-order valence-electron chi connectivity index (χ1n) is 9.52. The zero-order chi connectivity index (χ0) is 16.7. The van der Waals surface area contributed by atoms with Crippen LogP contribution in [0.15, 0.2) is 0 Å². The quantitative estimate of drug-likeness (QED) is 0.744. The van der Waals surface area contributed by atoms with E-state index in [1.54, 1.807) is 0 Å². The van der Waals surface area contributed by atoms with Crippen molar-refractivity contribution in [2.45, 2.75) is 64.5 Å². The average Bonchev–Trinajstić information content (AvgIpc) is 2.61. The molecule has 23 heavy (non-hydrogen) atoms. The molecule has 0 bridgehead atoms. The minimum Gasteiger partial charge on any atom is -0.395 e. The van der Waals surface area contributed by atoms with Crippen LogP contribution in [-0.2, 0) is 4.79 Å². The second-order valence-corrected chi connectivity index (χ2v) is 7.24. The predicted octanol–water partition coefficient (Wildman–Crippen LogP) is 1.46. The monoisotopic (exact) mass is 325 g/mol. The Hall–Kier alpha value is -0.650. The maximum Gasteiger partial charge on any atom is 0.237 e. The zero-order valence-corrected chi connectivity index (χ0v) is 15.0. The summed E-state index contributed by atoms with van der Waals surface area (Å²) in [6.45, 7) is 8.94. The highest BCUT2D eigenvalue weighted by molar-refractivity contribution is 5.81. The molecule has 2 atom stereocenters. The molecule has 0 radical (unpaired) electrons.